The van der Waals surface area contributed by atoms with Crippen LogP contribution in [0.3, 0.4) is 0 Å². The van der Waals surface area contributed by atoms with Crippen LogP contribution < -0.4 is 5.32 Å². The lowest BCUT2D eigenvalue weighted by atomic mass is 10.1. The highest BCUT2D eigenvalue weighted by Crippen LogP contribution is 2.04. The molecule has 0 unspecified atom stereocenters. The molecule has 0 saturated carbocycles. The fourth-order valence-electron chi connectivity index (χ4n) is 2.19. The monoisotopic (exact) mass is 269 g/mol. The normalized spacial score (nSPS) is 12.0. The Morgan fingerprint density at radius 1 is 1.00 bits per heavy atom. The highest BCUT2D eigenvalue weighted by Gasteiger charge is 2.20. The summed E-state index contributed by atoms with van der Waals surface area (Å²) in [5, 5.41) is 3.02. The number of nitrogens with zero attached hydrogens (tertiary/aromatic N) is 1. The number of quaternary nitrogens is 1. The Hall–Kier alpha value is -0.830. The molecule has 112 valence electrons. The van der Waals surface area contributed by atoms with Gasteiger partial charge in [0, 0.05) is 0 Å². The van der Waals surface area contributed by atoms with Crippen molar-refractivity contribution in [1.29, 1.82) is 0 Å². The van der Waals surface area contributed by atoms with Gasteiger partial charge in [0.25, 0.3) is 0 Å². The van der Waals surface area contributed by atoms with Gasteiger partial charge in [-0.3, -0.25) is 4.79 Å². The fraction of sp³-hybridized carbons (Fsp3) is 0.812. The zero-order chi connectivity index (χ0) is 14.6. The number of hydrogen-bond acceptors (Lipinski definition) is 1. The molecule has 0 aromatic carbocycles. The maximum absolute atomic E-state index is 11.7. The Morgan fingerprint density at radius 2 is 1.63 bits per heavy atom. The van der Waals surface area contributed by atoms with Gasteiger partial charge in [-0.05, 0) is 39.7 Å². The predicted molar refractivity (Wildman–Crippen MR) is 82.8 cm³/mol. The first-order valence-electron chi connectivity index (χ1n) is 7.93. The van der Waals surface area contributed by atoms with Gasteiger partial charge in [0.15, 0.2) is 6.67 Å². The second-order valence-corrected chi connectivity index (χ2v) is 5.24. The van der Waals surface area contributed by atoms with E-state index in [4.69, 9.17) is 0 Å². The van der Waals surface area contributed by atoms with Gasteiger partial charge in [-0.1, -0.05) is 32.3 Å². The fourth-order valence-corrected chi connectivity index (χ4v) is 2.19. The van der Waals surface area contributed by atoms with E-state index in [0.717, 1.165) is 37.2 Å². The second-order valence-electron chi connectivity index (χ2n) is 5.24. The van der Waals surface area contributed by atoms with Crippen molar-refractivity contribution in [2.75, 3.05) is 26.3 Å². The zero-order valence-corrected chi connectivity index (χ0v) is 13.4. The van der Waals surface area contributed by atoms with E-state index in [9.17, 15) is 4.79 Å². The average Bonchev–Trinajstić information content (AvgIpc) is 2.45. The van der Waals surface area contributed by atoms with E-state index in [1.165, 1.54) is 25.7 Å². The summed E-state index contributed by atoms with van der Waals surface area (Å²) in [6.07, 6.45) is 9.73. The van der Waals surface area contributed by atoms with E-state index in [1.807, 2.05) is 6.08 Å². The van der Waals surface area contributed by atoms with Crippen LogP contribution in [0.2, 0.25) is 0 Å². The summed E-state index contributed by atoms with van der Waals surface area (Å²) in [5.41, 5.74) is 0. The number of hydrogen-bond donors (Lipinski definition) is 1. The smallest absolute Gasteiger partial charge is 0.247 e. The SMILES string of the molecule is CCCCCC/C=C/C(=O)NC[N+](CC)(CC)CC. The molecule has 19 heavy (non-hydrogen) atoms. The molecule has 1 N–H and O–H groups in total. The minimum atomic E-state index is 0.0494. The molecule has 1 amide bonds. The summed E-state index contributed by atoms with van der Waals surface area (Å²) in [6, 6.07) is 0. The van der Waals surface area contributed by atoms with E-state index in [0.29, 0.717) is 0 Å². The van der Waals surface area contributed by atoms with Crippen molar-refractivity contribution in [3.8, 4) is 0 Å². The molecular formula is C16H33N2O+. The van der Waals surface area contributed by atoms with Gasteiger partial charge >= 0.3 is 0 Å². The minimum Gasteiger partial charge on any atom is -0.307 e. The topological polar surface area (TPSA) is 29.1 Å². The van der Waals surface area contributed by atoms with Crippen LogP contribution in [0.1, 0.15) is 59.8 Å². The van der Waals surface area contributed by atoms with Gasteiger partial charge in [0.1, 0.15) is 0 Å². The molecule has 0 aliphatic rings. The van der Waals surface area contributed by atoms with Crippen molar-refractivity contribution in [3.05, 3.63) is 12.2 Å². The lowest BCUT2D eigenvalue weighted by Crippen LogP contribution is -2.53. The van der Waals surface area contributed by atoms with Gasteiger partial charge < -0.3 is 9.80 Å². The van der Waals surface area contributed by atoms with Crippen LogP contribution in [0.25, 0.3) is 0 Å². The molecule has 0 aliphatic carbocycles. The first-order valence-corrected chi connectivity index (χ1v) is 7.93. The van der Waals surface area contributed by atoms with E-state index in [2.05, 4.69) is 33.0 Å². The maximum Gasteiger partial charge on any atom is 0.247 e. The third-order valence-corrected chi connectivity index (χ3v) is 4.09. The first-order chi connectivity index (χ1) is 9.14. The van der Waals surface area contributed by atoms with Crippen LogP contribution in [-0.2, 0) is 4.79 Å². The molecule has 3 heteroatoms. The summed E-state index contributed by atoms with van der Waals surface area (Å²) >= 11 is 0. The number of nitrogens with one attached hydrogen (secondary N) is 1. The van der Waals surface area contributed by atoms with Crippen LogP contribution in [0.5, 0.6) is 0 Å². The van der Waals surface area contributed by atoms with Crippen LogP contribution in [-0.4, -0.2) is 36.7 Å². The van der Waals surface area contributed by atoms with E-state index in [-0.39, 0.29) is 5.91 Å². The summed E-state index contributed by atoms with van der Waals surface area (Å²) < 4.78 is 0.954. The molecule has 0 atom stereocenters. The Morgan fingerprint density at radius 3 is 2.16 bits per heavy atom. The third kappa shape index (κ3) is 8.04. The Kier molecular flexibility index (Phi) is 10.6. The van der Waals surface area contributed by atoms with Crippen molar-refractivity contribution in [3.63, 3.8) is 0 Å². The molecule has 0 aromatic heterocycles. The molecule has 0 spiro atoms. The number of rotatable bonds is 11. The van der Waals surface area contributed by atoms with Gasteiger partial charge in [-0.2, -0.15) is 0 Å². The van der Waals surface area contributed by atoms with E-state index < -0.39 is 0 Å². The number of allylic oxidation sites excluding steroid dienone is 1. The Balaban J connectivity index is 3.88. The first kappa shape index (κ1) is 18.2. The van der Waals surface area contributed by atoms with Gasteiger partial charge in [-0.25, -0.2) is 0 Å². The van der Waals surface area contributed by atoms with Crippen LogP contribution in [0.15, 0.2) is 12.2 Å². The predicted octanol–water partition coefficient (Wildman–Crippen LogP) is 3.46. The third-order valence-electron chi connectivity index (χ3n) is 4.09. The van der Waals surface area contributed by atoms with Crippen molar-refractivity contribution < 1.29 is 9.28 Å². The summed E-state index contributed by atoms with van der Waals surface area (Å²) in [6.45, 7) is 12.7. The number of carbonyl (C=O) groups excluding carboxylic acids is 1. The van der Waals surface area contributed by atoms with Crippen molar-refractivity contribution in [1.82, 2.24) is 5.32 Å². The summed E-state index contributed by atoms with van der Waals surface area (Å²) in [7, 11) is 0. The van der Waals surface area contributed by atoms with Crippen molar-refractivity contribution in [2.45, 2.75) is 59.8 Å². The lowest BCUT2D eigenvalue weighted by molar-refractivity contribution is -0.924. The van der Waals surface area contributed by atoms with Crippen LogP contribution in [0.4, 0.5) is 0 Å². The van der Waals surface area contributed by atoms with Gasteiger partial charge in [0.2, 0.25) is 5.91 Å². The van der Waals surface area contributed by atoms with Crippen molar-refractivity contribution in [2.24, 2.45) is 0 Å². The van der Waals surface area contributed by atoms with E-state index in [1.54, 1.807) is 6.08 Å². The average molecular weight is 269 g/mol. The largest absolute Gasteiger partial charge is 0.307 e. The Labute approximate surface area is 119 Å². The molecule has 0 rings (SSSR count). The molecule has 0 aliphatic heterocycles. The number of amides is 1. The highest BCUT2D eigenvalue weighted by atomic mass is 16.1. The van der Waals surface area contributed by atoms with Gasteiger partial charge in [0.05, 0.1) is 19.6 Å². The molecule has 0 bridgehead atoms. The molecular weight excluding hydrogens is 236 g/mol. The Bertz CT molecular complexity index is 249. The van der Waals surface area contributed by atoms with Gasteiger partial charge in [-0.15, -0.1) is 0 Å². The molecule has 0 fully saturated rings. The number of carbonyl (C=O) groups is 1. The summed E-state index contributed by atoms with van der Waals surface area (Å²) in [5.74, 6) is 0.0494. The van der Waals surface area contributed by atoms with Crippen LogP contribution >= 0.6 is 0 Å². The molecule has 0 saturated heterocycles. The molecule has 3 nitrogen and oxygen atoms in total. The quantitative estimate of drug-likeness (QED) is 0.265. The maximum atomic E-state index is 11.7. The molecule has 0 heterocycles. The van der Waals surface area contributed by atoms with E-state index >= 15 is 0 Å². The number of unbranched alkanes of at least 4 members (excludes halogenated alkanes) is 4. The van der Waals surface area contributed by atoms with Crippen LogP contribution in [0, 0.1) is 0 Å². The second kappa shape index (κ2) is 11.0. The standard InChI is InChI=1S/C16H32N2O/c1-5-9-10-11-12-13-14-16(19)17-15-18(6-2,7-3)8-4/h13-14H,5-12,15H2,1-4H3/p+1/b14-13+. The minimum absolute atomic E-state index is 0.0494. The molecule has 0 aromatic rings. The molecule has 0 radical (unpaired) electrons. The summed E-state index contributed by atoms with van der Waals surface area (Å²) in [4.78, 5) is 11.7. The lowest BCUT2D eigenvalue weighted by Gasteiger charge is -2.35. The zero-order valence-electron chi connectivity index (χ0n) is 13.4. The van der Waals surface area contributed by atoms with Crippen molar-refractivity contribution >= 4 is 5.91 Å². The highest BCUT2D eigenvalue weighted by molar-refractivity contribution is 5.87.